The largest absolute Gasteiger partial charge is 0.356 e. The number of rotatable bonds is 6. The number of amides is 1. The maximum atomic E-state index is 13.0. The van der Waals surface area contributed by atoms with Crippen molar-refractivity contribution in [2.45, 2.75) is 51.5 Å². The monoisotopic (exact) mass is 441 g/mol. The van der Waals surface area contributed by atoms with Gasteiger partial charge in [-0.15, -0.1) is 0 Å². The Morgan fingerprint density at radius 2 is 1.94 bits per heavy atom. The lowest BCUT2D eigenvalue weighted by Crippen LogP contribution is -2.27. The van der Waals surface area contributed by atoms with Gasteiger partial charge < -0.3 is 14.8 Å². The smallest absolute Gasteiger partial charge is 0.268 e. The number of hydrogen-bond acceptors (Lipinski definition) is 5. The van der Waals surface area contributed by atoms with E-state index in [1.54, 1.807) is 11.9 Å². The van der Waals surface area contributed by atoms with E-state index in [2.05, 4.69) is 46.3 Å². The van der Waals surface area contributed by atoms with Gasteiger partial charge in [0.15, 0.2) is 0 Å². The van der Waals surface area contributed by atoms with Crippen molar-refractivity contribution in [2.75, 3.05) is 31.1 Å². The lowest BCUT2D eigenvalue weighted by Gasteiger charge is -2.28. The summed E-state index contributed by atoms with van der Waals surface area (Å²) in [5.74, 6) is 2.48. The van der Waals surface area contributed by atoms with E-state index in [9.17, 15) is 4.79 Å². The summed E-state index contributed by atoms with van der Waals surface area (Å²) in [5, 5.41) is 3.13. The Balaban J connectivity index is 1.42. The predicted molar refractivity (Wildman–Crippen MR) is 127 cm³/mol. The van der Waals surface area contributed by atoms with Gasteiger partial charge in [-0.25, -0.2) is 9.29 Å². The number of aromatic nitrogens is 2. The van der Waals surface area contributed by atoms with Crippen molar-refractivity contribution in [1.82, 2.24) is 19.2 Å². The second-order valence-corrected chi connectivity index (χ2v) is 10.4. The van der Waals surface area contributed by atoms with Crippen LogP contribution >= 0.6 is 11.9 Å². The van der Waals surface area contributed by atoms with Crippen molar-refractivity contribution < 1.29 is 4.79 Å². The lowest BCUT2D eigenvalue weighted by atomic mass is 10.0. The first-order valence-electron chi connectivity index (χ1n) is 11.5. The van der Waals surface area contributed by atoms with Crippen LogP contribution in [-0.2, 0) is 13.6 Å². The molecule has 4 heterocycles. The third kappa shape index (κ3) is 5.09. The fourth-order valence-electron chi connectivity index (χ4n) is 4.44. The number of carbonyl (C=O) groups is 1. The number of carbonyl (C=O) groups excluding carboxylic acids is 1. The number of nitrogens with one attached hydrogen (secondary N) is 1. The van der Waals surface area contributed by atoms with Gasteiger partial charge in [-0.05, 0) is 62.1 Å². The maximum Gasteiger partial charge on any atom is 0.268 e. The van der Waals surface area contributed by atoms with Crippen LogP contribution in [0.4, 0.5) is 5.82 Å². The van der Waals surface area contributed by atoms with Gasteiger partial charge in [-0.3, -0.25) is 4.79 Å². The van der Waals surface area contributed by atoms with Crippen LogP contribution in [0, 0.1) is 18.8 Å². The van der Waals surface area contributed by atoms with Gasteiger partial charge in [0.1, 0.15) is 11.5 Å². The van der Waals surface area contributed by atoms with Crippen molar-refractivity contribution >= 4 is 23.7 Å². The van der Waals surface area contributed by atoms with Crippen LogP contribution in [0.5, 0.6) is 0 Å². The average Bonchev–Trinajstić information content (AvgIpc) is 3.32. The van der Waals surface area contributed by atoms with E-state index in [-0.39, 0.29) is 5.91 Å². The van der Waals surface area contributed by atoms with E-state index in [0.29, 0.717) is 18.2 Å². The molecule has 4 rings (SSSR count). The molecular formula is C24H35N5OS. The third-order valence-corrected chi connectivity index (χ3v) is 7.96. The quantitative estimate of drug-likeness (QED) is 0.680. The van der Waals surface area contributed by atoms with Crippen molar-refractivity contribution in [3.8, 4) is 0 Å². The molecule has 2 aliphatic heterocycles. The van der Waals surface area contributed by atoms with E-state index >= 15 is 0 Å². The first-order valence-corrected chi connectivity index (χ1v) is 12.3. The standard InChI is InChI=1S/C24H35N5OS/c1-17-8-12-29(13-9-17)31-22-14-21(27(4)19(22)3)24(30)26-15-20-6-5-10-25-23(20)28-11-7-18(2)16-28/h5-6,10,14,17-18H,7-9,11-13,15-16H2,1-4H3,(H,26,30). The van der Waals surface area contributed by atoms with Gasteiger partial charge in [0.2, 0.25) is 0 Å². The van der Waals surface area contributed by atoms with Crippen molar-refractivity contribution in [3.63, 3.8) is 0 Å². The Morgan fingerprint density at radius 3 is 2.65 bits per heavy atom. The first kappa shape index (κ1) is 22.2. The minimum absolute atomic E-state index is 0.0330. The molecule has 0 radical (unpaired) electrons. The molecule has 2 aromatic rings. The number of piperidine rings is 1. The Bertz CT molecular complexity index is 919. The topological polar surface area (TPSA) is 53.4 Å². The highest BCUT2D eigenvalue weighted by molar-refractivity contribution is 7.97. The first-order chi connectivity index (χ1) is 14.9. The van der Waals surface area contributed by atoms with Gasteiger partial charge in [-0.1, -0.05) is 19.9 Å². The number of hydrogen-bond donors (Lipinski definition) is 1. The molecule has 168 valence electrons. The normalized spacial score (nSPS) is 20.4. The van der Waals surface area contributed by atoms with E-state index < -0.39 is 0 Å². The van der Waals surface area contributed by atoms with Crippen LogP contribution in [0.25, 0.3) is 0 Å². The van der Waals surface area contributed by atoms with Crippen LogP contribution in [0.2, 0.25) is 0 Å². The molecule has 6 nitrogen and oxygen atoms in total. The molecular weight excluding hydrogens is 406 g/mol. The molecule has 31 heavy (non-hydrogen) atoms. The van der Waals surface area contributed by atoms with Gasteiger partial charge in [0.25, 0.3) is 5.91 Å². The molecule has 1 unspecified atom stereocenters. The summed E-state index contributed by atoms with van der Waals surface area (Å²) < 4.78 is 4.44. The van der Waals surface area contributed by atoms with Crippen LogP contribution in [0.1, 0.15) is 54.9 Å². The molecule has 7 heteroatoms. The molecule has 2 aliphatic rings. The van der Waals surface area contributed by atoms with Crippen molar-refractivity contribution in [3.05, 3.63) is 41.3 Å². The average molecular weight is 442 g/mol. The van der Waals surface area contributed by atoms with Gasteiger partial charge >= 0.3 is 0 Å². The maximum absolute atomic E-state index is 13.0. The van der Waals surface area contributed by atoms with Gasteiger partial charge in [0.05, 0.1) is 0 Å². The van der Waals surface area contributed by atoms with E-state index in [0.717, 1.165) is 49.2 Å². The van der Waals surface area contributed by atoms with Crippen LogP contribution in [0.15, 0.2) is 29.3 Å². The molecule has 2 saturated heterocycles. The van der Waals surface area contributed by atoms with E-state index in [4.69, 9.17) is 0 Å². The number of anilines is 1. The zero-order valence-electron chi connectivity index (χ0n) is 19.2. The highest BCUT2D eigenvalue weighted by Gasteiger charge is 2.23. The SMILES string of the molecule is Cc1c(SN2CCC(C)CC2)cc(C(=O)NCc2cccnc2N2CCC(C)C2)n1C. The van der Waals surface area contributed by atoms with Gasteiger partial charge in [0, 0.05) is 62.1 Å². The fourth-order valence-corrected chi connectivity index (χ4v) is 5.55. The summed E-state index contributed by atoms with van der Waals surface area (Å²) in [7, 11) is 1.98. The molecule has 1 N–H and O–H groups in total. The molecule has 1 atom stereocenters. The third-order valence-electron chi connectivity index (χ3n) is 6.72. The number of pyridine rings is 1. The molecule has 0 spiro atoms. The second kappa shape index (κ2) is 9.65. The summed E-state index contributed by atoms with van der Waals surface area (Å²) in [4.78, 5) is 21.2. The zero-order chi connectivity index (χ0) is 22.0. The number of nitrogens with zero attached hydrogens (tertiary/aromatic N) is 4. The van der Waals surface area contributed by atoms with Crippen LogP contribution < -0.4 is 10.2 Å². The Labute approximate surface area is 190 Å². The van der Waals surface area contributed by atoms with Crippen LogP contribution in [0.3, 0.4) is 0 Å². The Hall–Kier alpha value is -1.99. The molecule has 0 bridgehead atoms. The molecule has 2 fully saturated rings. The molecule has 0 saturated carbocycles. The Kier molecular flexibility index (Phi) is 6.92. The van der Waals surface area contributed by atoms with Crippen LogP contribution in [-0.4, -0.2) is 45.9 Å². The predicted octanol–water partition coefficient (Wildman–Crippen LogP) is 4.24. The zero-order valence-corrected chi connectivity index (χ0v) is 20.0. The van der Waals surface area contributed by atoms with E-state index in [1.165, 1.54) is 24.2 Å². The lowest BCUT2D eigenvalue weighted by molar-refractivity contribution is 0.0942. The molecule has 1 amide bonds. The van der Waals surface area contributed by atoms with E-state index in [1.807, 2.05) is 29.9 Å². The van der Waals surface area contributed by atoms with Gasteiger partial charge in [-0.2, -0.15) is 0 Å². The minimum Gasteiger partial charge on any atom is -0.356 e. The van der Waals surface area contributed by atoms with Crippen molar-refractivity contribution in [1.29, 1.82) is 0 Å². The second-order valence-electron chi connectivity index (χ2n) is 9.25. The molecule has 2 aromatic heterocycles. The summed E-state index contributed by atoms with van der Waals surface area (Å²) in [5.41, 5.74) is 2.93. The van der Waals surface area contributed by atoms with Crippen molar-refractivity contribution in [2.24, 2.45) is 18.9 Å². The molecule has 0 aromatic carbocycles. The highest BCUT2D eigenvalue weighted by atomic mass is 32.2. The summed E-state index contributed by atoms with van der Waals surface area (Å²) in [6.07, 6.45) is 5.53. The Morgan fingerprint density at radius 1 is 1.19 bits per heavy atom. The summed E-state index contributed by atoms with van der Waals surface area (Å²) >= 11 is 1.80. The summed E-state index contributed by atoms with van der Waals surface area (Å²) in [6, 6.07) is 6.06. The highest BCUT2D eigenvalue weighted by Crippen LogP contribution is 2.32. The summed E-state index contributed by atoms with van der Waals surface area (Å²) in [6.45, 7) is 11.5. The fraction of sp³-hybridized carbons (Fsp3) is 0.583. The molecule has 0 aliphatic carbocycles. The minimum atomic E-state index is -0.0330.